The number of hydrogen-bond donors (Lipinski definition) is 2. The molecule has 0 aliphatic rings. The Balaban J connectivity index is 1.91. The first-order chi connectivity index (χ1) is 11.4. The number of nitrogens with one attached hydrogen (secondary N) is 2. The van der Waals surface area contributed by atoms with Crippen molar-refractivity contribution >= 4 is 22.9 Å². The molecule has 0 saturated heterocycles. The van der Waals surface area contributed by atoms with Gasteiger partial charge in [-0.15, -0.1) is 11.3 Å². The monoisotopic (exact) mass is 351 g/mol. The quantitative estimate of drug-likeness (QED) is 0.717. The van der Waals surface area contributed by atoms with E-state index >= 15 is 0 Å². The van der Waals surface area contributed by atoms with E-state index in [0.29, 0.717) is 27.5 Å². The number of benzene rings is 1. The van der Waals surface area contributed by atoms with Gasteiger partial charge in [-0.1, -0.05) is 18.2 Å². The van der Waals surface area contributed by atoms with Crippen LogP contribution in [0, 0.1) is 6.92 Å². The van der Waals surface area contributed by atoms with Gasteiger partial charge in [0.15, 0.2) is 0 Å². The molecule has 0 bridgehead atoms. The molecule has 0 unspecified atom stereocenters. The van der Waals surface area contributed by atoms with Crippen LogP contribution in [0.15, 0.2) is 41.8 Å². The predicted octanol–water partition coefficient (Wildman–Crippen LogP) is 4.72. The second-order valence-electron chi connectivity index (χ2n) is 5.08. The number of thiophene rings is 1. The Morgan fingerprint density at radius 1 is 1.21 bits per heavy atom. The average molecular weight is 351 g/mol. The minimum absolute atomic E-state index is 0.289. The van der Waals surface area contributed by atoms with Gasteiger partial charge in [0.05, 0.1) is 21.8 Å². The summed E-state index contributed by atoms with van der Waals surface area (Å²) < 4.78 is 38.0. The maximum absolute atomic E-state index is 12.7. The molecule has 0 aliphatic heterocycles. The minimum atomic E-state index is -4.39. The molecular formula is C16H12F3N3OS. The second kappa shape index (κ2) is 6.12. The van der Waals surface area contributed by atoms with Gasteiger partial charge >= 0.3 is 6.18 Å². The third-order valence-electron chi connectivity index (χ3n) is 3.42. The number of carbonyl (C=O) groups is 1. The van der Waals surface area contributed by atoms with Crippen molar-refractivity contribution < 1.29 is 18.0 Å². The van der Waals surface area contributed by atoms with E-state index in [2.05, 4.69) is 15.5 Å². The second-order valence-corrected chi connectivity index (χ2v) is 6.03. The maximum atomic E-state index is 12.7. The van der Waals surface area contributed by atoms with E-state index in [1.807, 2.05) is 0 Å². The molecule has 0 aliphatic carbocycles. The summed E-state index contributed by atoms with van der Waals surface area (Å²) in [7, 11) is 0. The molecule has 4 nitrogen and oxygen atoms in total. The number of hydrogen-bond acceptors (Lipinski definition) is 3. The van der Waals surface area contributed by atoms with Gasteiger partial charge < -0.3 is 5.32 Å². The number of alkyl halides is 3. The predicted molar refractivity (Wildman–Crippen MR) is 86.0 cm³/mol. The molecule has 0 saturated carbocycles. The number of rotatable bonds is 3. The number of aromatic amines is 1. The van der Waals surface area contributed by atoms with E-state index < -0.39 is 11.7 Å². The van der Waals surface area contributed by atoms with Gasteiger partial charge in [-0.05, 0) is 30.5 Å². The Morgan fingerprint density at radius 2 is 1.92 bits per heavy atom. The number of anilines is 1. The number of aromatic nitrogens is 2. The SMILES string of the molecule is Cc1[nH]nc(-c2ccc(C(F)(F)F)cc2)c1NC(=O)c1cccs1. The Bertz CT molecular complexity index is 852. The third kappa shape index (κ3) is 3.18. The van der Waals surface area contributed by atoms with Crippen LogP contribution in [-0.4, -0.2) is 16.1 Å². The molecule has 0 spiro atoms. The molecule has 124 valence electrons. The Kier molecular flexibility index (Phi) is 4.15. The highest BCUT2D eigenvalue weighted by molar-refractivity contribution is 7.12. The van der Waals surface area contributed by atoms with E-state index in [1.54, 1.807) is 24.4 Å². The summed E-state index contributed by atoms with van der Waals surface area (Å²) in [6, 6.07) is 8.10. The first kappa shape index (κ1) is 16.3. The van der Waals surface area contributed by atoms with Crippen LogP contribution in [0.5, 0.6) is 0 Å². The molecule has 3 rings (SSSR count). The van der Waals surface area contributed by atoms with Crippen LogP contribution in [-0.2, 0) is 6.18 Å². The van der Waals surface area contributed by atoms with E-state index in [4.69, 9.17) is 0 Å². The Hall–Kier alpha value is -2.61. The molecule has 1 aromatic carbocycles. The Labute approximate surface area is 139 Å². The molecule has 0 atom stereocenters. The number of halogens is 3. The molecule has 1 amide bonds. The minimum Gasteiger partial charge on any atom is -0.318 e. The van der Waals surface area contributed by atoms with Crippen LogP contribution in [0.3, 0.4) is 0 Å². The largest absolute Gasteiger partial charge is 0.416 e. The van der Waals surface area contributed by atoms with Gasteiger partial charge in [0, 0.05) is 5.56 Å². The summed E-state index contributed by atoms with van der Waals surface area (Å²) in [5.41, 5.74) is 1.21. The molecule has 3 aromatic rings. The van der Waals surface area contributed by atoms with Crippen molar-refractivity contribution in [1.82, 2.24) is 10.2 Å². The van der Waals surface area contributed by atoms with Crippen LogP contribution in [0.1, 0.15) is 20.9 Å². The molecule has 2 aromatic heterocycles. The first-order valence-corrected chi connectivity index (χ1v) is 7.81. The molecular weight excluding hydrogens is 339 g/mol. The molecule has 2 N–H and O–H groups in total. The fourth-order valence-electron chi connectivity index (χ4n) is 2.19. The van der Waals surface area contributed by atoms with E-state index in [1.165, 1.54) is 23.5 Å². The van der Waals surface area contributed by atoms with Crippen molar-refractivity contribution in [1.29, 1.82) is 0 Å². The lowest BCUT2D eigenvalue weighted by Crippen LogP contribution is -2.11. The smallest absolute Gasteiger partial charge is 0.318 e. The highest BCUT2D eigenvalue weighted by Gasteiger charge is 2.30. The molecule has 0 fully saturated rings. The van der Waals surface area contributed by atoms with Crippen LogP contribution in [0.25, 0.3) is 11.3 Å². The van der Waals surface area contributed by atoms with Crippen molar-refractivity contribution in [3.05, 3.63) is 57.9 Å². The van der Waals surface area contributed by atoms with Gasteiger partial charge in [-0.2, -0.15) is 18.3 Å². The van der Waals surface area contributed by atoms with Crippen molar-refractivity contribution in [2.24, 2.45) is 0 Å². The molecule has 2 heterocycles. The lowest BCUT2D eigenvalue weighted by molar-refractivity contribution is -0.137. The molecule has 24 heavy (non-hydrogen) atoms. The number of nitrogens with zero attached hydrogens (tertiary/aromatic N) is 1. The number of aryl methyl sites for hydroxylation is 1. The number of amides is 1. The number of carbonyl (C=O) groups excluding carboxylic acids is 1. The first-order valence-electron chi connectivity index (χ1n) is 6.93. The lowest BCUT2D eigenvalue weighted by Gasteiger charge is -2.08. The van der Waals surface area contributed by atoms with Crippen molar-refractivity contribution in [2.45, 2.75) is 13.1 Å². The van der Waals surface area contributed by atoms with Gasteiger partial charge in [0.1, 0.15) is 5.69 Å². The fraction of sp³-hybridized carbons (Fsp3) is 0.125. The van der Waals surface area contributed by atoms with E-state index in [9.17, 15) is 18.0 Å². The third-order valence-corrected chi connectivity index (χ3v) is 4.29. The molecule has 0 radical (unpaired) electrons. The van der Waals surface area contributed by atoms with Crippen molar-refractivity contribution in [3.8, 4) is 11.3 Å². The summed E-state index contributed by atoms with van der Waals surface area (Å²) in [6.45, 7) is 1.73. The van der Waals surface area contributed by atoms with Crippen LogP contribution in [0.4, 0.5) is 18.9 Å². The van der Waals surface area contributed by atoms with Crippen LogP contribution >= 0.6 is 11.3 Å². The van der Waals surface area contributed by atoms with E-state index in [0.717, 1.165) is 12.1 Å². The van der Waals surface area contributed by atoms with Crippen LogP contribution in [0.2, 0.25) is 0 Å². The summed E-state index contributed by atoms with van der Waals surface area (Å²) in [4.78, 5) is 12.7. The zero-order valence-electron chi connectivity index (χ0n) is 12.4. The van der Waals surface area contributed by atoms with Crippen molar-refractivity contribution in [3.63, 3.8) is 0 Å². The van der Waals surface area contributed by atoms with Gasteiger partial charge in [0.2, 0.25) is 0 Å². The topological polar surface area (TPSA) is 57.8 Å². The maximum Gasteiger partial charge on any atom is 0.416 e. The van der Waals surface area contributed by atoms with Crippen molar-refractivity contribution in [2.75, 3.05) is 5.32 Å². The lowest BCUT2D eigenvalue weighted by atomic mass is 10.1. The standard InChI is InChI=1S/C16H12F3N3OS/c1-9-13(20-15(23)12-3-2-8-24-12)14(22-21-9)10-4-6-11(7-5-10)16(17,18)19/h2-8H,1H3,(H,20,23)(H,21,22). The summed E-state index contributed by atoms with van der Waals surface area (Å²) >= 11 is 1.30. The molecule has 8 heteroatoms. The number of H-pyrrole nitrogens is 1. The summed E-state index contributed by atoms with van der Waals surface area (Å²) in [6.07, 6.45) is -4.39. The zero-order chi connectivity index (χ0) is 17.3. The van der Waals surface area contributed by atoms with Gasteiger partial charge in [-0.3, -0.25) is 9.89 Å². The Morgan fingerprint density at radius 3 is 2.50 bits per heavy atom. The van der Waals surface area contributed by atoms with E-state index in [-0.39, 0.29) is 5.91 Å². The zero-order valence-corrected chi connectivity index (χ0v) is 13.3. The highest BCUT2D eigenvalue weighted by Crippen LogP contribution is 2.33. The summed E-state index contributed by atoms with van der Waals surface area (Å²) in [5, 5.41) is 11.4. The fourth-order valence-corrected chi connectivity index (χ4v) is 2.81. The van der Waals surface area contributed by atoms with Crippen LogP contribution < -0.4 is 5.32 Å². The highest BCUT2D eigenvalue weighted by atomic mass is 32.1. The van der Waals surface area contributed by atoms with Gasteiger partial charge in [0.25, 0.3) is 5.91 Å². The normalized spacial score (nSPS) is 11.5. The summed E-state index contributed by atoms with van der Waals surface area (Å²) in [5.74, 6) is -0.289. The van der Waals surface area contributed by atoms with Gasteiger partial charge in [-0.25, -0.2) is 0 Å². The average Bonchev–Trinajstić information content (AvgIpc) is 3.18.